The molecule has 0 aliphatic heterocycles. The number of carboxylic acids is 1. The highest BCUT2D eigenvalue weighted by atomic mass is 127. The van der Waals surface area contributed by atoms with E-state index in [4.69, 9.17) is 89.8 Å². The van der Waals surface area contributed by atoms with Gasteiger partial charge in [0.2, 0.25) is 0 Å². The summed E-state index contributed by atoms with van der Waals surface area (Å²) in [5, 5.41) is 51.6. The van der Waals surface area contributed by atoms with E-state index in [9.17, 15) is 17.4 Å². The number of aliphatic carboxylic acids is 1. The smallest absolute Gasteiger partial charge is 0.481 e. The van der Waals surface area contributed by atoms with Gasteiger partial charge in [-0.3, -0.25) is 24.1 Å². The molecule has 1 heterocycles. The normalized spacial score (nSPS) is 11.0. The minimum Gasteiger partial charge on any atom is -0.481 e. The van der Waals surface area contributed by atoms with Crippen LogP contribution < -0.4 is 5.46 Å². The number of hydrogen-bond donors (Lipinski definition) is 6. The maximum Gasteiger partial charge on any atom is 0.522 e. The number of halogens is 12. The van der Waals surface area contributed by atoms with E-state index in [0.29, 0.717) is 21.3 Å². The van der Waals surface area contributed by atoms with E-state index in [-0.39, 0.29) is 14.9 Å². The van der Waals surface area contributed by atoms with E-state index in [1.165, 1.54) is 60.6 Å². The number of fused-ring (bicyclic) bond motifs is 8. The molecule has 0 aliphatic carbocycles. The number of benzene rings is 12. The van der Waals surface area contributed by atoms with Crippen LogP contribution in [0.2, 0.25) is 20.1 Å². The molecule has 28 heteroatoms. The van der Waals surface area contributed by atoms with Gasteiger partial charge in [-0.2, -0.15) is 21.6 Å². The second-order valence-corrected chi connectivity index (χ2v) is 34.0. The zero-order chi connectivity index (χ0) is 74.5. The van der Waals surface area contributed by atoms with Gasteiger partial charge >= 0.3 is 22.7 Å². The van der Waals surface area contributed by atoms with Gasteiger partial charge in [-0.15, -0.1) is 34.9 Å². The van der Waals surface area contributed by atoms with Crippen molar-refractivity contribution in [2.75, 3.05) is 17.3 Å². The first-order valence-electron chi connectivity index (χ1n) is 29.6. The Hall–Kier alpha value is -4.37. The number of carbonyl (C=O) groups is 1. The highest BCUT2D eigenvalue weighted by molar-refractivity contribution is 14.1. The van der Waals surface area contributed by atoms with Crippen LogP contribution in [0.15, 0.2) is 245 Å². The summed E-state index contributed by atoms with van der Waals surface area (Å²) in [7, 11) is -8.40. The lowest BCUT2D eigenvalue weighted by atomic mass is 9.79. The van der Waals surface area contributed by atoms with E-state index in [2.05, 4.69) is 228 Å². The van der Waals surface area contributed by atoms with Crippen molar-refractivity contribution in [1.29, 1.82) is 0 Å². The number of rotatable bonds is 9. The van der Waals surface area contributed by atoms with E-state index < -0.39 is 39.5 Å². The highest BCUT2D eigenvalue weighted by Crippen LogP contribution is 2.44. The van der Waals surface area contributed by atoms with Crippen molar-refractivity contribution in [2.24, 2.45) is 0 Å². The molecule has 0 bridgehead atoms. The Morgan fingerprint density at radius 2 is 0.913 bits per heavy atom. The molecule has 6 N–H and O–H groups in total. The lowest BCUT2D eigenvalue weighted by molar-refractivity contribution is -0.176. The molecule has 10 nitrogen and oxygen atoms in total. The topological polar surface area (TPSA) is 190 Å². The molecule has 1 atom stereocenters. The monoisotopic (exact) mass is 1940 g/mol. The summed E-state index contributed by atoms with van der Waals surface area (Å²) in [6.07, 6.45) is 0. The average Bonchev–Trinajstić information content (AvgIpc) is 1.66. The van der Waals surface area contributed by atoms with Crippen LogP contribution in [0, 0.1) is 3.57 Å². The Balaban J connectivity index is 0.000000263. The molecule has 0 amide bonds. The number of carboxylic acid groups (broad SMARTS) is 1. The number of thioether (sulfide) groups is 2. The fraction of sp³-hybridized carbons (Fsp3) is 0.133. The molecule has 0 saturated carbocycles. The molecule has 103 heavy (non-hydrogen) atoms. The van der Waals surface area contributed by atoms with Crippen LogP contribution in [0.3, 0.4) is 0 Å². The van der Waals surface area contributed by atoms with Gasteiger partial charge in [0.15, 0.2) is 0 Å². The summed E-state index contributed by atoms with van der Waals surface area (Å²) in [4.78, 5) is 12.4. The second-order valence-electron chi connectivity index (χ2n) is 20.8. The zero-order valence-corrected chi connectivity index (χ0v) is 68.9. The van der Waals surface area contributed by atoms with Crippen LogP contribution in [0.4, 0.5) is 13.2 Å². The van der Waals surface area contributed by atoms with E-state index in [1.807, 2.05) is 103 Å². The maximum atomic E-state index is 12.4. The third-order valence-corrected chi connectivity index (χ3v) is 23.5. The molecule has 1 unspecified atom stereocenters. The molecule has 12 aromatic carbocycles. The number of hydrogen-bond acceptors (Lipinski definition) is 11. The van der Waals surface area contributed by atoms with Gasteiger partial charge in [0.1, 0.15) is 0 Å². The Labute approximate surface area is 679 Å². The molecule has 0 aliphatic rings. The minimum absolute atomic E-state index is 0. The van der Waals surface area contributed by atoms with Crippen LogP contribution >= 0.6 is 168 Å². The van der Waals surface area contributed by atoms with E-state index in [0.717, 1.165) is 89.5 Å². The molecule has 0 saturated heterocycles. The van der Waals surface area contributed by atoms with Gasteiger partial charge in [0, 0.05) is 101 Å². The van der Waals surface area contributed by atoms with Gasteiger partial charge in [-0.1, -0.05) is 267 Å². The van der Waals surface area contributed by atoms with Crippen molar-refractivity contribution in [3.05, 3.63) is 254 Å². The molecule has 0 spiro atoms. The molecule has 1 aromatic heterocycles. The summed E-state index contributed by atoms with van der Waals surface area (Å²) < 4.78 is 78.1. The van der Waals surface area contributed by atoms with Crippen LogP contribution in [-0.4, -0.2) is 78.7 Å². The maximum absolute atomic E-state index is 12.4. The van der Waals surface area contributed by atoms with Gasteiger partial charge < -0.3 is 15.2 Å². The standard InChI is InChI=1S/C18H14BrClOS.C18H14BrClS.C16H8BrClS.C10H8BClO2.C8H8BrIS.C2H4O2.CHF3O3S.2CH4.H2O2/c1-2-22(21)18-11-14(19)7-8-15(18)16-9-12-5-3-4-6-13(12)10-17(16)20;1-2-21-18-11-14(19)7-8-15(18)16-9-12-5-3-4-6-13(12)10-17(16)20;17-10-5-6-12-14(8-10)19-16-11-4-2-1-3-9(11)7-13(18)15(12)16;12-10-6-8-4-2-1-3-7(8)5-9(10)11(13)14;1-2-11-8-5-6(9)3-4-7(8)10;1-2(3)4;2-1(3,4)8(5,6)7;;;1-2/h3-11H,2H2,1H3;3-11H,2H2,1H3;1-8H;1-6,13-14H;3-5H,2H2,1H3;1H3,(H,3,4);(H,5,6,7);2*1H4;1-2H. The second kappa shape index (κ2) is 43.6. The minimum atomic E-state index is -5.84. The third kappa shape index (κ3) is 26.2. The Kier molecular flexibility index (Phi) is 38.5. The number of thiophene rings is 1. The molecule has 13 rings (SSSR count). The summed E-state index contributed by atoms with van der Waals surface area (Å²) in [5.74, 6) is 1.91. The van der Waals surface area contributed by atoms with Crippen LogP contribution in [0.1, 0.15) is 42.5 Å². The SMILES string of the molecule is C.C.CC(=O)O.CCS(=O)c1cc(Br)ccc1-c1cc2ccccc2cc1Cl.CCSc1cc(Br)ccc1-c1cc2ccccc2cc1Cl.CCSc1cc(Br)ccc1I.Clc1cc2ccccc2c2sc3cc(Br)ccc3c12.O=S(=O)(O)C(F)(F)F.OB(O)c1cc2ccccc2cc1Cl.OO. The first-order chi connectivity index (χ1) is 47.9. The lowest BCUT2D eigenvalue weighted by Gasteiger charge is -2.12. The fourth-order valence-corrected chi connectivity index (χ4v) is 17.5. The summed E-state index contributed by atoms with van der Waals surface area (Å²) in [5.41, 5.74) is -1.05. The summed E-state index contributed by atoms with van der Waals surface area (Å²) >= 11 is 47.3. The largest absolute Gasteiger partial charge is 0.522 e. The number of alkyl halides is 3. The predicted molar refractivity (Wildman–Crippen MR) is 459 cm³/mol. The van der Waals surface area contributed by atoms with Gasteiger partial charge in [0.25, 0.3) is 5.97 Å². The molecular formula is C75H67BBr4Cl4F3IO10S5. The van der Waals surface area contributed by atoms with Crippen molar-refractivity contribution in [1.82, 2.24) is 0 Å². The first-order valence-corrected chi connectivity index (χ1v) is 41.0. The van der Waals surface area contributed by atoms with Gasteiger partial charge in [-0.05, 0) is 179 Å². The third-order valence-electron chi connectivity index (χ3n) is 14.0. The summed E-state index contributed by atoms with van der Waals surface area (Å²) in [6, 6.07) is 71.1. The Morgan fingerprint density at radius 1 is 0.534 bits per heavy atom. The fourth-order valence-electron chi connectivity index (χ4n) is 9.60. The molecule has 13 aromatic rings. The molecule has 544 valence electrons. The van der Waals surface area contributed by atoms with Gasteiger partial charge in [-0.25, -0.2) is 0 Å². The molecule has 0 radical (unpaired) electrons. The predicted octanol–water partition coefficient (Wildman–Crippen LogP) is 26.8. The first kappa shape index (κ1) is 91.0. The zero-order valence-electron chi connectivity index (χ0n) is 53.3. The average molecular weight is 1940 g/mol. The Morgan fingerprint density at radius 3 is 1.39 bits per heavy atom. The van der Waals surface area contributed by atoms with E-state index >= 15 is 0 Å². The van der Waals surface area contributed by atoms with Crippen molar-refractivity contribution < 1.29 is 60.8 Å². The van der Waals surface area contributed by atoms with Crippen molar-refractivity contribution in [2.45, 2.75) is 62.7 Å². The van der Waals surface area contributed by atoms with E-state index in [1.54, 1.807) is 23.5 Å². The van der Waals surface area contributed by atoms with Gasteiger partial charge in [0.05, 0.1) is 15.8 Å². The van der Waals surface area contributed by atoms with Crippen molar-refractivity contribution >= 4 is 270 Å². The highest BCUT2D eigenvalue weighted by Gasteiger charge is 2.44. The van der Waals surface area contributed by atoms with Crippen molar-refractivity contribution in [3.63, 3.8) is 0 Å². The lowest BCUT2D eigenvalue weighted by Crippen LogP contribution is -2.30. The molecule has 0 fully saturated rings. The van der Waals surface area contributed by atoms with Crippen LogP contribution in [-0.2, 0) is 25.7 Å². The molecular weight excluding hydrogens is 1880 g/mol. The van der Waals surface area contributed by atoms with Crippen LogP contribution in [0.25, 0.3) is 85.5 Å². The summed E-state index contributed by atoms with van der Waals surface area (Å²) in [6.45, 7) is 7.34. The Bertz CT molecular complexity index is 5180. The van der Waals surface area contributed by atoms with Crippen molar-refractivity contribution in [3.8, 4) is 22.3 Å². The quantitative estimate of drug-likeness (QED) is 0.0153. The van der Waals surface area contributed by atoms with Crippen LogP contribution in [0.5, 0.6) is 0 Å².